The topological polar surface area (TPSA) is 30.5 Å². The second-order valence-corrected chi connectivity index (χ2v) is 8.36. The lowest BCUT2D eigenvalue weighted by molar-refractivity contribution is 0.0106. The molecule has 0 bridgehead atoms. The Kier molecular flexibility index (Phi) is 7.89. The molecule has 3 aromatic rings. The first-order valence-corrected chi connectivity index (χ1v) is 11.4. The van der Waals surface area contributed by atoms with E-state index in [1.165, 1.54) is 27.8 Å². The number of methoxy groups -OCH3 is 1. The lowest BCUT2D eigenvalue weighted by atomic mass is 9.86. The van der Waals surface area contributed by atoms with Crippen LogP contribution in [0.25, 0.3) is 11.1 Å². The zero-order valence-corrected chi connectivity index (χ0v) is 18.4. The fraction of sp³-hybridized carbons (Fsp3) is 0.357. The van der Waals surface area contributed by atoms with Gasteiger partial charge >= 0.3 is 0 Å². The minimum absolute atomic E-state index is 0.178. The second kappa shape index (κ2) is 11.2. The molecule has 3 nitrogen and oxygen atoms in total. The van der Waals surface area contributed by atoms with Crippen LogP contribution in [0.2, 0.25) is 0 Å². The van der Waals surface area contributed by atoms with Crippen molar-refractivity contribution in [1.82, 2.24) is 5.32 Å². The first-order chi connectivity index (χ1) is 15.3. The normalized spacial score (nSPS) is 18.7. The van der Waals surface area contributed by atoms with E-state index in [0.29, 0.717) is 12.5 Å². The minimum Gasteiger partial charge on any atom is -0.385 e. The zero-order chi connectivity index (χ0) is 21.3. The molecule has 1 saturated heterocycles. The highest BCUT2D eigenvalue weighted by Crippen LogP contribution is 2.31. The molecule has 1 N–H and O–H groups in total. The number of hydrogen-bond donors (Lipinski definition) is 1. The van der Waals surface area contributed by atoms with Crippen molar-refractivity contribution < 1.29 is 9.47 Å². The lowest BCUT2D eigenvalue weighted by Crippen LogP contribution is -2.41. The molecule has 2 atom stereocenters. The van der Waals surface area contributed by atoms with Crippen LogP contribution in [0.5, 0.6) is 0 Å². The van der Waals surface area contributed by atoms with Crippen LogP contribution < -0.4 is 5.32 Å². The molecular formula is C28H33NO2. The summed E-state index contributed by atoms with van der Waals surface area (Å²) in [5.74, 6) is 0.412. The average molecular weight is 416 g/mol. The summed E-state index contributed by atoms with van der Waals surface area (Å²) >= 11 is 0. The third-order valence-corrected chi connectivity index (χ3v) is 6.12. The van der Waals surface area contributed by atoms with E-state index in [1.54, 1.807) is 7.11 Å². The number of piperidine rings is 1. The molecule has 1 heterocycles. The predicted molar refractivity (Wildman–Crippen MR) is 127 cm³/mol. The zero-order valence-electron chi connectivity index (χ0n) is 18.4. The van der Waals surface area contributed by atoms with E-state index in [9.17, 15) is 0 Å². The van der Waals surface area contributed by atoms with Gasteiger partial charge in [-0.1, -0.05) is 78.9 Å². The van der Waals surface area contributed by atoms with E-state index >= 15 is 0 Å². The highest BCUT2D eigenvalue weighted by Gasteiger charge is 2.27. The van der Waals surface area contributed by atoms with E-state index < -0.39 is 0 Å². The number of hydrogen-bond acceptors (Lipinski definition) is 3. The van der Waals surface area contributed by atoms with Crippen molar-refractivity contribution >= 4 is 0 Å². The van der Waals surface area contributed by atoms with Crippen LogP contribution >= 0.6 is 0 Å². The molecular weight excluding hydrogens is 382 g/mol. The van der Waals surface area contributed by atoms with E-state index in [2.05, 4.69) is 84.2 Å². The van der Waals surface area contributed by atoms with Crippen molar-refractivity contribution in [2.75, 3.05) is 26.8 Å². The minimum atomic E-state index is 0.178. The molecule has 3 heteroatoms. The van der Waals surface area contributed by atoms with E-state index in [-0.39, 0.29) is 6.10 Å². The van der Waals surface area contributed by atoms with Crippen LogP contribution in [0.4, 0.5) is 0 Å². The van der Waals surface area contributed by atoms with Gasteiger partial charge in [0.1, 0.15) is 0 Å². The maximum Gasteiger partial charge on any atom is 0.0772 e. The number of rotatable bonds is 9. The molecule has 0 aliphatic carbocycles. The van der Waals surface area contributed by atoms with Crippen molar-refractivity contribution in [1.29, 1.82) is 0 Å². The van der Waals surface area contributed by atoms with Crippen LogP contribution in [0.15, 0.2) is 78.9 Å². The summed E-state index contributed by atoms with van der Waals surface area (Å²) in [6.45, 7) is 3.39. The highest BCUT2D eigenvalue weighted by molar-refractivity contribution is 5.64. The van der Waals surface area contributed by atoms with Crippen LogP contribution in [-0.4, -0.2) is 32.9 Å². The molecule has 1 aliphatic rings. The van der Waals surface area contributed by atoms with Gasteiger partial charge in [-0.25, -0.2) is 0 Å². The first kappa shape index (κ1) is 21.8. The molecule has 162 valence electrons. The summed E-state index contributed by atoms with van der Waals surface area (Å²) in [5.41, 5.74) is 6.52. The molecule has 0 aromatic heterocycles. The Hall–Kier alpha value is -2.46. The van der Waals surface area contributed by atoms with Gasteiger partial charge in [0.25, 0.3) is 0 Å². The molecule has 3 aromatic carbocycles. The van der Waals surface area contributed by atoms with Crippen LogP contribution in [-0.2, 0) is 22.5 Å². The molecule has 0 amide bonds. The lowest BCUT2D eigenvalue weighted by Gasteiger charge is -2.33. The monoisotopic (exact) mass is 415 g/mol. The fourth-order valence-electron chi connectivity index (χ4n) is 4.46. The van der Waals surface area contributed by atoms with Crippen LogP contribution in [0.3, 0.4) is 0 Å². The van der Waals surface area contributed by atoms with Crippen LogP contribution in [0, 0.1) is 0 Å². The number of benzene rings is 3. The van der Waals surface area contributed by atoms with Gasteiger partial charge in [-0.3, -0.25) is 0 Å². The quantitative estimate of drug-likeness (QED) is 0.462. The van der Waals surface area contributed by atoms with Gasteiger partial charge in [0.05, 0.1) is 12.7 Å². The molecule has 1 fully saturated rings. The number of ether oxygens (including phenoxy) is 2. The first-order valence-electron chi connectivity index (χ1n) is 11.4. The van der Waals surface area contributed by atoms with Gasteiger partial charge in [0.2, 0.25) is 0 Å². The maximum absolute atomic E-state index is 6.48. The summed E-state index contributed by atoms with van der Waals surface area (Å²) in [7, 11) is 1.76. The summed E-state index contributed by atoms with van der Waals surface area (Å²) < 4.78 is 11.7. The summed E-state index contributed by atoms with van der Waals surface area (Å²) in [4.78, 5) is 0. The molecule has 0 unspecified atom stereocenters. The smallest absolute Gasteiger partial charge is 0.0772 e. The van der Waals surface area contributed by atoms with Gasteiger partial charge in [-0.05, 0) is 53.6 Å². The van der Waals surface area contributed by atoms with Gasteiger partial charge in [0, 0.05) is 26.2 Å². The van der Waals surface area contributed by atoms with Gasteiger partial charge < -0.3 is 14.8 Å². The largest absolute Gasteiger partial charge is 0.385 e. The van der Waals surface area contributed by atoms with Crippen molar-refractivity contribution in [2.45, 2.75) is 37.9 Å². The number of nitrogens with one attached hydrogen (secondary N) is 1. The molecule has 1 aliphatic heterocycles. The Morgan fingerprint density at radius 3 is 2.55 bits per heavy atom. The Morgan fingerprint density at radius 1 is 0.871 bits per heavy atom. The fourth-order valence-corrected chi connectivity index (χ4v) is 4.46. The Labute approximate surface area is 186 Å². The van der Waals surface area contributed by atoms with Gasteiger partial charge in [-0.15, -0.1) is 0 Å². The average Bonchev–Trinajstić information content (AvgIpc) is 2.84. The SMILES string of the molecule is COCCCc1cccc(CO[C@H]2CNCC[C@@H]2c2cccc(-c3ccccc3)c2)c1. The predicted octanol–water partition coefficient (Wildman–Crippen LogP) is 5.59. The van der Waals surface area contributed by atoms with Crippen LogP contribution in [0.1, 0.15) is 35.4 Å². The van der Waals surface area contributed by atoms with Gasteiger partial charge in [0.15, 0.2) is 0 Å². The summed E-state index contributed by atoms with van der Waals surface area (Å²) in [6, 6.07) is 28.4. The Balaban J connectivity index is 1.43. The van der Waals surface area contributed by atoms with Gasteiger partial charge in [-0.2, -0.15) is 0 Å². The molecule has 4 rings (SSSR count). The van der Waals surface area contributed by atoms with E-state index in [0.717, 1.165) is 39.0 Å². The third-order valence-electron chi connectivity index (χ3n) is 6.12. The standard InChI is InChI=1S/C28H33NO2/c1-30-17-7-10-22-8-5-9-23(18-22)21-31-28-20-29-16-15-27(28)26-14-6-13-25(19-26)24-11-3-2-4-12-24/h2-6,8-9,11-14,18-19,27-29H,7,10,15-17,20-21H2,1H3/t27-,28+/m1/s1. The second-order valence-electron chi connectivity index (χ2n) is 8.36. The van der Waals surface area contributed by atoms with Crippen molar-refractivity contribution in [2.24, 2.45) is 0 Å². The third kappa shape index (κ3) is 6.04. The van der Waals surface area contributed by atoms with Crippen molar-refractivity contribution in [3.8, 4) is 11.1 Å². The van der Waals surface area contributed by atoms with E-state index in [1.807, 2.05) is 0 Å². The van der Waals surface area contributed by atoms with E-state index in [4.69, 9.17) is 9.47 Å². The maximum atomic E-state index is 6.48. The highest BCUT2D eigenvalue weighted by atomic mass is 16.5. The molecule has 31 heavy (non-hydrogen) atoms. The molecule has 0 saturated carbocycles. The summed E-state index contributed by atoms with van der Waals surface area (Å²) in [6.07, 6.45) is 3.37. The summed E-state index contributed by atoms with van der Waals surface area (Å²) in [5, 5.41) is 3.52. The van der Waals surface area contributed by atoms with Crippen molar-refractivity contribution in [3.63, 3.8) is 0 Å². The molecule has 0 spiro atoms. The van der Waals surface area contributed by atoms with Crippen molar-refractivity contribution in [3.05, 3.63) is 95.6 Å². The number of aryl methyl sites for hydroxylation is 1. The molecule has 0 radical (unpaired) electrons. The Bertz CT molecular complexity index is 941. The Morgan fingerprint density at radius 2 is 1.68 bits per heavy atom.